The summed E-state index contributed by atoms with van der Waals surface area (Å²) >= 11 is 3.06. The molecule has 0 aromatic carbocycles. The van der Waals surface area contributed by atoms with Crippen LogP contribution in [0, 0.1) is 10.1 Å². The Labute approximate surface area is 72.7 Å². The molecule has 60 valence electrons. The van der Waals surface area contributed by atoms with Crippen LogP contribution in [0.15, 0.2) is 23.9 Å². The molecule has 1 heterocycles. The molecule has 0 unspecified atom stereocenters. The topological polar surface area (TPSA) is 46.4 Å². The van der Waals surface area contributed by atoms with E-state index >= 15 is 0 Å². The first-order chi connectivity index (χ1) is 5.11. The molecule has 0 bridgehead atoms. The molecule has 0 N–H and O–H groups in total. The minimum absolute atomic E-state index is 0.367. The van der Waals surface area contributed by atoms with Crippen molar-refractivity contribution in [2.24, 2.45) is 0 Å². The fourth-order valence-electron chi connectivity index (χ4n) is 0.794. The van der Waals surface area contributed by atoms with Crippen molar-refractivity contribution in [1.82, 2.24) is 3.93 Å². The van der Waals surface area contributed by atoms with Crippen molar-refractivity contribution in [3.05, 3.63) is 34.0 Å². The summed E-state index contributed by atoms with van der Waals surface area (Å²) in [5.74, 6) is 0. The van der Waals surface area contributed by atoms with Crippen LogP contribution >= 0.6 is 16.1 Å². The second kappa shape index (κ2) is 3.04. The van der Waals surface area contributed by atoms with Crippen LogP contribution in [0.1, 0.15) is 6.92 Å². The molecule has 5 heteroatoms. The highest BCUT2D eigenvalue weighted by Crippen LogP contribution is 2.16. The van der Waals surface area contributed by atoms with Crippen LogP contribution < -0.4 is 0 Å². The van der Waals surface area contributed by atoms with Crippen LogP contribution in [-0.2, 0) is 0 Å². The van der Waals surface area contributed by atoms with Crippen molar-refractivity contribution < 1.29 is 4.92 Å². The fraction of sp³-hybridized carbons (Fsp3) is 0.333. The van der Waals surface area contributed by atoms with Gasteiger partial charge in [0.2, 0.25) is 0 Å². The lowest BCUT2D eigenvalue weighted by molar-refractivity contribution is -0.525. The molecule has 1 atom stereocenters. The van der Waals surface area contributed by atoms with Crippen LogP contribution in [0.25, 0.3) is 0 Å². The van der Waals surface area contributed by atoms with Gasteiger partial charge < -0.3 is 0 Å². The van der Waals surface area contributed by atoms with Crippen molar-refractivity contribution in [3.8, 4) is 0 Å². The Morgan fingerprint density at radius 2 is 2.45 bits per heavy atom. The molecule has 1 aliphatic heterocycles. The number of nitrogens with zero attached hydrogens (tertiary/aromatic N) is 2. The van der Waals surface area contributed by atoms with Crippen LogP contribution in [0.3, 0.4) is 0 Å². The van der Waals surface area contributed by atoms with Crippen LogP contribution in [-0.4, -0.2) is 15.0 Å². The van der Waals surface area contributed by atoms with E-state index in [-0.39, 0.29) is 4.92 Å². The predicted molar refractivity (Wildman–Crippen MR) is 44.4 cm³/mol. The summed E-state index contributed by atoms with van der Waals surface area (Å²) in [6.07, 6.45) is 4.15. The Balaban J connectivity index is 2.77. The van der Waals surface area contributed by atoms with Crippen LogP contribution in [0.4, 0.5) is 0 Å². The number of hydrogen-bond donors (Lipinski definition) is 0. The summed E-state index contributed by atoms with van der Waals surface area (Å²) in [6, 6.07) is 0. The molecule has 11 heavy (non-hydrogen) atoms. The lowest BCUT2D eigenvalue weighted by Gasteiger charge is -2.17. The van der Waals surface area contributed by atoms with Crippen molar-refractivity contribution in [2.45, 2.75) is 13.1 Å². The van der Waals surface area contributed by atoms with E-state index in [1.54, 1.807) is 12.3 Å². The first kappa shape index (κ1) is 8.26. The zero-order valence-electron chi connectivity index (χ0n) is 5.90. The maximum Gasteiger partial charge on any atom is 0.315 e. The average Bonchev–Trinajstić information content (AvgIpc) is 1.85. The normalized spacial score (nSPS) is 23.3. The van der Waals surface area contributed by atoms with E-state index in [0.717, 1.165) is 5.57 Å². The predicted octanol–water partition coefficient (Wildman–Crippen LogP) is 1.67. The second-order valence-electron chi connectivity index (χ2n) is 2.28. The van der Waals surface area contributed by atoms with Gasteiger partial charge >= 0.3 is 6.17 Å². The number of rotatable bonds is 1. The maximum atomic E-state index is 10.3. The van der Waals surface area contributed by atoms with E-state index in [1.165, 1.54) is 10.0 Å². The third kappa shape index (κ3) is 1.80. The van der Waals surface area contributed by atoms with E-state index in [1.807, 2.05) is 6.92 Å². The van der Waals surface area contributed by atoms with E-state index in [0.29, 0.717) is 0 Å². The Hall–Kier alpha value is -0.840. The van der Waals surface area contributed by atoms with Gasteiger partial charge in [0.1, 0.15) is 0 Å². The van der Waals surface area contributed by atoms with Crippen molar-refractivity contribution >= 4 is 16.1 Å². The minimum Gasteiger partial charge on any atom is -0.262 e. The van der Waals surface area contributed by atoms with Crippen molar-refractivity contribution in [1.29, 1.82) is 0 Å². The number of halogens is 1. The summed E-state index contributed by atoms with van der Waals surface area (Å²) in [5.41, 5.74) is 0.986. The summed E-state index contributed by atoms with van der Waals surface area (Å²) in [7, 11) is 0. The number of nitro groups is 1. The molecule has 0 spiro atoms. The van der Waals surface area contributed by atoms with Gasteiger partial charge in [-0.3, -0.25) is 10.1 Å². The lowest BCUT2D eigenvalue weighted by atomic mass is 10.2. The van der Waals surface area contributed by atoms with Gasteiger partial charge in [-0.25, -0.2) is 3.93 Å². The van der Waals surface area contributed by atoms with Gasteiger partial charge in [0.05, 0.1) is 21.1 Å². The van der Waals surface area contributed by atoms with Gasteiger partial charge in [-0.1, -0.05) is 6.08 Å². The Morgan fingerprint density at radius 3 is 2.91 bits per heavy atom. The summed E-state index contributed by atoms with van der Waals surface area (Å²) < 4.78 is 1.39. The van der Waals surface area contributed by atoms with Gasteiger partial charge in [0.15, 0.2) is 0 Å². The quantitative estimate of drug-likeness (QED) is 0.383. The van der Waals surface area contributed by atoms with Gasteiger partial charge in [0, 0.05) is 12.3 Å². The average molecular weight is 219 g/mol. The van der Waals surface area contributed by atoms with E-state index in [4.69, 9.17) is 0 Å². The zero-order valence-corrected chi connectivity index (χ0v) is 7.48. The molecule has 1 rings (SSSR count). The highest BCUT2D eigenvalue weighted by Gasteiger charge is 2.23. The van der Waals surface area contributed by atoms with Gasteiger partial charge in [-0.05, 0) is 12.5 Å². The molecule has 0 saturated carbocycles. The molecule has 0 aromatic rings. The maximum absolute atomic E-state index is 10.3. The summed E-state index contributed by atoms with van der Waals surface area (Å²) in [6.45, 7) is 1.88. The molecule has 0 aliphatic carbocycles. The lowest BCUT2D eigenvalue weighted by Crippen LogP contribution is -2.30. The Morgan fingerprint density at radius 1 is 1.82 bits per heavy atom. The SMILES string of the molecule is CC1=CN(Br)[C@@H]([N+](=O)[O-])C=C1. The molecular weight excluding hydrogens is 212 g/mol. The van der Waals surface area contributed by atoms with Crippen molar-refractivity contribution in [3.63, 3.8) is 0 Å². The number of allylic oxidation sites excluding steroid dienone is 2. The molecule has 0 saturated heterocycles. The zero-order chi connectivity index (χ0) is 8.43. The van der Waals surface area contributed by atoms with E-state index < -0.39 is 6.17 Å². The standard InChI is InChI=1S/C6H7BrN2O2/c1-5-2-3-6(9(10)11)8(7)4-5/h2-4,6H,1H3/t6-/m0/s1. The Kier molecular flexibility index (Phi) is 2.28. The summed E-state index contributed by atoms with van der Waals surface area (Å²) in [5, 5.41) is 10.3. The summed E-state index contributed by atoms with van der Waals surface area (Å²) in [4.78, 5) is 9.96. The number of hydrogen-bond acceptors (Lipinski definition) is 3. The Bertz CT molecular complexity index is 237. The van der Waals surface area contributed by atoms with Crippen LogP contribution in [0.5, 0.6) is 0 Å². The molecule has 4 nitrogen and oxygen atoms in total. The first-order valence-corrected chi connectivity index (χ1v) is 3.76. The molecule has 0 amide bonds. The van der Waals surface area contributed by atoms with Crippen molar-refractivity contribution in [2.75, 3.05) is 0 Å². The molecule has 0 radical (unpaired) electrons. The van der Waals surface area contributed by atoms with Gasteiger partial charge in [0.25, 0.3) is 0 Å². The smallest absolute Gasteiger partial charge is 0.262 e. The highest BCUT2D eigenvalue weighted by molar-refractivity contribution is 9.07. The second-order valence-corrected chi connectivity index (χ2v) is 3.09. The third-order valence-corrected chi connectivity index (χ3v) is 1.95. The molecular formula is C6H7BrN2O2. The monoisotopic (exact) mass is 218 g/mol. The molecule has 1 aliphatic rings. The largest absolute Gasteiger partial charge is 0.315 e. The molecule has 0 fully saturated rings. The highest BCUT2D eigenvalue weighted by atomic mass is 79.9. The molecule has 0 aromatic heterocycles. The fourth-order valence-corrected chi connectivity index (χ4v) is 1.40. The first-order valence-electron chi connectivity index (χ1n) is 3.05. The van der Waals surface area contributed by atoms with E-state index in [2.05, 4.69) is 16.1 Å². The minimum atomic E-state index is -0.779. The third-order valence-electron chi connectivity index (χ3n) is 1.33. The van der Waals surface area contributed by atoms with Gasteiger partial charge in [-0.15, -0.1) is 0 Å². The van der Waals surface area contributed by atoms with E-state index in [9.17, 15) is 10.1 Å². The van der Waals surface area contributed by atoms with Crippen LogP contribution in [0.2, 0.25) is 0 Å². The van der Waals surface area contributed by atoms with Gasteiger partial charge in [-0.2, -0.15) is 0 Å².